The van der Waals surface area contributed by atoms with Crippen LogP contribution in [0, 0.1) is 0 Å². The van der Waals surface area contributed by atoms with E-state index in [1.165, 1.54) is 0 Å². The van der Waals surface area contributed by atoms with Gasteiger partial charge in [0.15, 0.2) is 5.65 Å². The summed E-state index contributed by atoms with van der Waals surface area (Å²) in [6.45, 7) is 0.641. The number of nitrogens with one attached hydrogen (secondary N) is 2. The molecule has 1 amide bonds. The average Bonchev–Trinajstić information content (AvgIpc) is 2.70. The van der Waals surface area contributed by atoms with Crippen molar-refractivity contribution in [1.82, 2.24) is 19.9 Å². The molecule has 16 heavy (non-hydrogen) atoms. The first-order valence-electron chi connectivity index (χ1n) is 5.05. The van der Waals surface area contributed by atoms with Crippen molar-refractivity contribution >= 4 is 17.5 Å². The van der Waals surface area contributed by atoms with Gasteiger partial charge in [-0.15, -0.1) is 10.2 Å². The normalized spacial score (nSPS) is 10.6. The number of fused-ring (bicyclic) bond motifs is 1. The summed E-state index contributed by atoms with van der Waals surface area (Å²) in [6, 6.07) is 5.56. The van der Waals surface area contributed by atoms with Gasteiger partial charge in [-0.2, -0.15) is 0 Å². The van der Waals surface area contributed by atoms with E-state index in [1.54, 1.807) is 11.4 Å². The lowest BCUT2D eigenvalue weighted by molar-refractivity contribution is -0.116. The molecule has 84 valence electrons. The van der Waals surface area contributed by atoms with Gasteiger partial charge in [0, 0.05) is 19.2 Å². The van der Waals surface area contributed by atoms with Crippen molar-refractivity contribution in [2.45, 2.75) is 6.42 Å². The molecule has 0 fully saturated rings. The number of pyridine rings is 1. The third kappa shape index (κ3) is 2.17. The Morgan fingerprint density at radius 1 is 1.44 bits per heavy atom. The number of aromatic nitrogens is 3. The van der Waals surface area contributed by atoms with Gasteiger partial charge in [0.2, 0.25) is 11.9 Å². The highest BCUT2D eigenvalue weighted by molar-refractivity contribution is 5.89. The van der Waals surface area contributed by atoms with Crippen molar-refractivity contribution in [1.29, 1.82) is 0 Å². The Morgan fingerprint density at radius 3 is 3.12 bits per heavy atom. The number of carbonyl (C=O) groups is 1. The van der Waals surface area contributed by atoms with Crippen LogP contribution in [-0.2, 0) is 4.79 Å². The molecule has 0 aliphatic heterocycles. The number of amides is 1. The summed E-state index contributed by atoms with van der Waals surface area (Å²) in [5.41, 5.74) is 0.714. The van der Waals surface area contributed by atoms with Gasteiger partial charge in [-0.1, -0.05) is 6.07 Å². The van der Waals surface area contributed by atoms with E-state index in [0.717, 1.165) is 0 Å². The molecule has 2 heterocycles. The van der Waals surface area contributed by atoms with Crippen LogP contribution in [0.15, 0.2) is 24.4 Å². The van der Waals surface area contributed by atoms with Crippen molar-refractivity contribution in [3.63, 3.8) is 0 Å². The maximum atomic E-state index is 11.5. The van der Waals surface area contributed by atoms with Crippen molar-refractivity contribution in [2.24, 2.45) is 0 Å². The minimum Gasteiger partial charge on any atom is -0.319 e. The fraction of sp³-hybridized carbons (Fsp3) is 0.300. The van der Waals surface area contributed by atoms with Crippen molar-refractivity contribution in [2.75, 3.05) is 18.9 Å². The Hall–Kier alpha value is -1.95. The maximum Gasteiger partial charge on any atom is 0.235 e. The van der Waals surface area contributed by atoms with Crippen molar-refractivity contribution in [3.8, 4) is 0 Å². The van der Waals surface area contributed by atoms with Crippen LogP contribution < -0.4 is 10.6 Å². The lowest BCUT2D eigenvalue weighted by Gasteiger charge is -2.02. The van der Waals surface area contributed by atoms with E-state index < -0.39 is 0 Å². The van der Waals surface area contributed by atoms with Gasteiger partial charge in [0.05, 0.1) is 0 Å². The van der Waals surface area contributed by atoms with E-state index in [1.807, 2.05) is 24.4 Å². The van der Waals surface area contributed by atoms with E-state index in [-0.39, 0.29) is 5.91 Å². The smallest absolute Gasteiger partial charge is 0.235 e. The summed E-state index contributed by atoms with van der Waals surface area (Å²) in [5, 5.41) is 13.5. The first-order chi connectivity index (χ1) is 7.81. The topological polar surface area (TPSA) is 71.3 Å². The van der Waals surface area contributed by atoms with Crippen molar-refractivity contribution in [3.05, 3.63) is 24.4 Å². The monoisotopic (exact) mass is 219 g/mol. The van der Waals surface area contributed by atoms with Crippen LogP contribution >= 0.6 is 0 Å². The molecule has 2 aromatic rings. The molecule has 0 unspecified atom stereocenters. The second-order valence-electron chi connectivity index (χ2n) is 3.35. The molecule has 0 aliphatic carbocycles. The molecule has 0 radical (unpaired) electrons. The summed E-state index contributed by atoms with van der Waals surface area (Å²) < 4.78 is 1.73. The largest absolute Gasteiger partial charge is 0.319 e. The van der Waals surface area contributed by atoms with E-state index >= 15 is 0 Å². The Kier molecular flexibility index (Phi) is 3.11. The van der Waals surface area contributed by atoms with E-state index in [0.29, 0.717) is 24.6 Å². The lowest BCUT2D eigenvalue weighted by atomic mass is 10.4. The minimum atomic E-state index is -0.0764. The van der Waals surface area contributed by atoms with Gasteiger partial charge >= 0.3 is 0 Å². The third-order valence-electron chi connectivity index (χ3n) is 2.17. The predicted octanol–water partition coefficient (Wildman–Crippen LogP) is 0.277. The first kappa shape index (κ1) is 10.6. The second-order valence-corrected chi connectivity index (χ2v) is 3.35. The van der Waals surface area contributed by atoms with Crippen LogP contribution in [0.1, 0.15) is 6.42 Å². The molecule has 0 aromatic carbocycles. The Morgan fingerprint density at radius 2 is 2.31 bits per heavy atom. The van der Waals surface area contributed by atoms with E-state index in [9.17, 15) is 4.79 Å². The highest BCUT2D eigenvalue weighted by Crippen LogP contribution is 2.07. The lowest BCUT2D eigenvalue weighted by Crippen LogP contribution is -2.19. The molecule has 0 atom stereocenters. The van der Waals surface area contributed by atoms with Crippen molar-refractivity contribution < 1.29 is 4.79 Å². The van der Waals surface area contributed by atoms with Gasteiger partial charge in [-0.3, -0.25) is 14.5 Å². The van der Waals surface area contributed by atoms with Crippen LogP contribution in [0.4, 0.5) is 5.95 Å². The van der Waals surface area contributed by atoms with Gasteiger partial charge in [-0.05, 0) is 19.2 Å². The second kappa shape index (κ2) is 4.71. The first-order valence-corrected chi connectivity index (χ1v) is 5.05. The molecule has 0 saturated carbocycles. The average molecular weight is 219 g/mol. The summed E-state index contributed by atoms with van der Waals surface area (Å²) >= 11 is 0. The van der Waals surface area contributed by atoms with Crippen LogP contribution in [0.25, 0.3) is 5.65 Å². The fourth-order valence-corrected chi connectivity index (χ4v) is 1.35. The number of hydrogen-bond acceptors (Lipinski definition) is 4. The summed E-state index contributed by atoms with van der Waals surface area (Å²) in [6.07, 6.45) is 2.22. The zero-order chi connectivity index (χ0) is 11.4. The zero-order valence-corrected chi connectivity index (χ0v) is 8.97. The van der Waals surface area contributed by atoms with Gasteiger partial charge < -0.3 is 5.32 Å². The van der Waals surface area contributed by atoms with Gasteiger partial charge in [-0.25, -0.2) is 0 Å². The molecular weight excluding hydrogens is 206 g/mol. The number of nitrogens with zero attached hydrogens (tertiary/aromatic N) is 3. The highest BCUT2D eigenvalue weighted by atomic mass is 16.1. The minimum absolute atomic E-state index is 0.0764. The Balaban J connectivity index is 2.12. The third-order valence-corrected chi connectivity index (χ3v) is 2.17. The molecule has 6 nitrogen and oxygen atoms in total. The fourth-order valence-electron chi connectivity index (χ4n) is 1.35. The van der Waals surface area contributed by atoms with E-state index in [2.05, 4.69) is 20.8 Å². The number of hydrogen-bond donors (Lipinski definition) is 2. The van der Waals surface area contributed by atoms with Gasteiger partial charge in [0.1, 0.15) is 0 Å². The molecule has 0 aliphatic rings. The number of rotatable bonds is 4. The van der Waals surface area contributed by atoms with Crippen LogP contribution in [-0.4, -0.2) is 34.1 Å². The quantitative estimate of drug-likeness (QED) is 0.774. The van der Waals surface area contributed by atoms with Crippen LogP contribution in [0.3, 0.4) is 0 Å². The number of carbonyl (C=O) groups excluding carboxylic acids is 1. The molecule has 2 N–H and O–H groups in total. The molecule has 0 bridgehead atoms. The maximum absolute atomic E-state index is 11.5. The summed E-state index contributed by atoms with van der Waals surface area (Å²) in [4.78, 5) is 11.5. The zero-order valence-electron chi connectivity index (χ0n) is 8.97. The molecule has 0 spiro atoms. The molecule has 0 saturated heterocycles. The molecular formula is C10H13N5O. The van der Waals surface area contributed by atoms with Crippen LogP contribution in [0.2, 0.25) is 0 Å². The highest BCUT2D eigenvalue weighted by Gasteiger charge is 2.07. The summed E-state index contributed by atoms with van der Waals surface area (Å²) in [5.74, 6) is 0.379. The molecule has 6 heteroatoms. The van der Waals surface area contributed by atoms with Gasteiger partial charge in [0.25, 0.3) is 0 Å². The predicted molar refractivity (Wildman–Crippen MR) is 60.2 cm³/mol. The Bertz CT molecular complexity index is 493. The standard InChI is InChI=1S/C10H13N5O/c1-11-6-5-9(16)12-10-14-13-8-4-2-3-7-15(8)10/h2-4,7,11H,5-6H2,1H3,(H,12,14,16). The summed E-state index contributed by atoms with van der Waals surface area (Å²) in [7, 11) is 1.81. The molecule has 2 aromatic heterocycles. The van der Waals surface area contributed by atoms with E-state index in [4.69, 9.17) is 0 Å². The van der Waals surface area contributed by atoms with Crippen LogP contribution in [0.5, 0.6) is 0 Å². The Labute approximate surface area is 92.7 Å². The molecule has 2 rings (SSSR count). The SMILES string of the molecule is CNCCC(=O)Nc1nnc2ccccn12. The number of anilines is 1.